The molecule has 1 aromatic carbocycles. The van der Waals surface area contributed by atoms with Crippen molar-refractivity contribution in [1.29, 1.82) is 0 Å². The maximum Gasteiger partial charge on any atom is 0.307 e. The molecule has 0 radical (unpaired) electrons. The fourth-order valence-corrected chi connectivity index (χ4v) is 4.41. The fourth-order valence-electron chi connectivity index (χ4n) is 3.36. The number of thiophene rings is 1. The third kappa shape index (κ3) is 4.24. The zero-order valence-electron chi connectivity index (χ0n) is 13.9. The molecule has 1 aliphatic rings. The summed E-state index contributed by atoms with van der Waals surface area (Å²) in [7, 11) is 0. The highest BCUT2D eigenvalue weighted by molar-refractivity contribution is 7.15. The molecule has 132 valence electrons. The van der Waals surface area contributed by atoms with Crippen LogP contribution in [-0.2, 0) is 11.3 Å². The van der Waals surface area contributed by atoms with E-state index in [1.165, 1.54) is 17.0 Å². The van der Waals surface area contributed by atoms with Crippen molar-refractivity contribution in [2.75, 3.05) is 13.1 Å². The predicted molar refractivity (Wildman–Crippen MR) is 96.6 cm³/mol. The molecular formula is C18H20N2O4S. The highest BCUT2D eigenvalue weighted by atomic mass is 32.1. The number of nitrogens with zero attached hydrogens (tertiary/aromatic N) is 2. The second kappa shape index (κ2) is 7.33. The Hall–Kier alpha value is -2.25. The summed E-state index contributed by atoms with van der Waals surface area (Å²) in [6, 6.07) is 10.6. The van der Waals surface area contributed by atoms with Crippen molar-refractivity contribution in [1.82, 2.24) is 4.90 Å². The van der Waals surface area contributed by atoms with Crippen molar-refractivity contribution in [2.24, 2.45) is 11.8 Å². The lowest BCUT2D eigenvalue weighted by molar-refractivity contribution is -0.384. The van der Waals surface area contributed by atoms with E-state index < -0.39 is 10.9 Å². The maximum atomic E-state index is 11.3. The van der Waals surface area contributed by atoms with Crippen LogP contribution in [0, 0.1) is 22.0 Å². The Balaban J connectivity index is 1.69. The van der Waals surface area contributed by atoms with E-state index in [1.807, 2.05) is 6.07 Å². The van der Waals surface area contributed by atoms with E-state index in [0.29, 0.717) is 12.5 Å². The van der Waals surface area contributed by atoms with Crippen LogP contribution in [0.2, 0.25) is 0 Å². The van der Waals surface area contributed by atoms with E-state index in [4.69, 9.17) is 0 Å². The normalized spacial score (nSPS) is 21.2. The van der Waals surface area contributed by atoms with Crippen LogP contribution in [0.5, 0.6) is 0 Å². The summed E-state index contributed by atoms with van der Waals surface area (Å²) in [6.07, 6.45) is 0.740. The molecule has 2 heterocycles. The number of benzene rings is 1. The van der Waals surface area contributed by atoms with Gasteiger partial charge in [0.05, 0.1) is 10.8 Å². The standard InChI is InChI=1S/C18H20N2O4S/c1-12-8-14(18(21)22)10-19(9-12)11-16-6-7-17(25-16)13-2-4-15(5-3-13)20(23)24/h2-7,12,14H,8-11H2,1H3,(H,21,22). The van der Waals surface area contributed by atoms with Gasteiger partial charge >= 0.3 is 5.97 Å². The molecule has 2 atom stereocenters. The molecule has 7 heteroatoms. The summed E-state index contributed by atoms with van der Waals surface area (Å²) in [6.45, 7) is 4.34. The number of piperidine rings is 1. The highest BCUT2D eigenvalue weighted by Gasteiger charge is 2.29. The van der Waals surface area contributed by atoms with Gasteiger partial charge in [0, 0.05) is 41.5 Å². The topological polar surface area (TPSA) is 83.7 Å². The first-order valence-electron chi connectivity index (χ1n) is 8.21. The second-order valence-corrected chi connectivity index (χ2v) is 7.81. The van der Waals surface area contributed by atoms with Crippen LogP contribution in [0.1, 0.15) is 18.2 Å². The highest BCUT2D eigenvalue weighted by Crippen LogP contribution is 2.31. The number of non-ortho nitro benzene ring substituents is 1. The molecule has 6 nitrogen and oxygen atoms in total. The average Bonchev–Trinajstić information content (AvgIpc) is 3.02. The van der Waals surface area contributed by atoms with Crippen molar-refractivity contribution in [3.05, 3.63) is 51.4 Å². The van der Waals surface area contributed by atoms with Gasteiger partial charge in [-0.1, -0.05) is 6.92 Å². The first-order chi connectivity index (χ1) is 11.9. The Labute approximate surface area is 149 Å². The van der Waals surface area contributed by atoms with Crippen molar-refractivity contribution in [3.63, 3.8) is 0 Å². The smallest absolute Gasteiger partial charge is 0.307 e. The number of hydrogen-bond donors (Lipinski definition) is 1. The molecule has 2 unspecified atom stereocenters. The van der Waals surface area contributed by atoms with E-state index in [9.17, 15) is 20.0 Å². The molecule has 1 N–H and O–H groups in total. The third-order valence-electron chi connectivity index (χ3n) is 4.49. The molecule has 1 aromatic heterocycles. The predicted octanol–water partition coefficient (Wildman–Crippen LogP) is 3.87. The van der Waals surface area contributed by atoms with Crippen molar-refractivity contribution in [2.45, 2.75) is 19.9 Å². The van der Waals surface area contributed by atoms with Gasteiger partial charge in [0.2, 0.25) is 0 Å². The van der Waals surface area contributed by atoms with E-state index in [1.54, 1.807) is 23.5 Å². The number of nitro groups is 1. The lowest BCUT2D eigenvalue weighted by Gasteiger charge is -2.34. The molecule has 0 spiro atoms. The minimum atomic E-state index is -0.714. The summed E-state index contributed by atoms with van der Waals surface area (Å²) in [5, 5.41) is 20.0. The van der Waals surface area contributed by atoms with Crippen LogP contribution in [0.3, 0.4) is 0 Å². The number of rotatable bonds is 5. The summed E-state index contributed by atoms with van der Waals surface area (Å²) >= 11 is 1.65. The zero-order valence-corrected chi connectivity index (χ0v) is 14.7. The van der Waals surface area contributed by atoms with Crippen molar-refractivity contribution >= 4 is 23.0 Å². The number of carbonyl (C=O) groups is 1. The Morgan fingerprint density at radius 2 is 2.00 bits per heavy atom. The van der Waals surface area contributed by atoms with Gasteiger partial charge in [0.15, 0.2) is 0 Å². The molecule has 0 aliphatic carbocycles. The minimum Gasteiger partial charge on any atom is -0.481 e. The van der Waals surface area contributed by atoms with E-state index in [0.717, 1.165) is 30.0 Å². The molecule has 3 rings (SSSR count). The summed E-state index contributed by atoms with van der Waals surface area (Å²) in [5.74, 6) is -0.629. The number of likely N-dealkylation sites (tertiary alicyclic amines) is 1. The number of aliphatic carboxylic acids is 1. The van der Waals surface area contributed by atoms with Crippen molar-refractivity contribution in [3.8, 4) is 10.4 Å². The monoisotopic (exact) mass is 360 g/mol. The molecule has 0 saturated carbocycles. The molecule has 2 aromatic rings. The Bertz CT molecular complexity index is 772. The fraction of sp³-hybridized carbons (Fsp3) is 0.389. The number of carboxylic acids is 1. The van der Waals surface area contributed by atoms with Gasteiger partial charge in [-0.05, 0) is 42.2 Å². The summed E-state index contributed by atoms with van der Waals surface area (Å²) < 4.78 is 0. The van der Waals surface area contributed by atoms with Crippen LogP contribution in [-0.4, -0.2) is 34.0 Å². The van der Waals surface area contributed by atoms with Gasteiger partial charge in [-0.3, -0.25) is 19.8 Å². The molecular weight excluding hydrogens is 340 g/mol. The lowest BCUT2D eigenvalue weighted by atomic mass is 9.90. The van der Waals surface area contributed by atoms with Gasteiger partial charge in [0.25, 0.3) is 5.69 Å². The second-order valence-electron chi connectivity index (χ2n) is 6.64. The number of hydrogen-bond acceptors (Lipinski definition) is 5. The van der Waals surface area contributed by atoms with Crippen molar-refractivity contribution < 1.29 is 14.8 Å². The first kappa shape index (κ1) is 17.6. The maximum absolute atomic E-state index is 11.3. The molecule has 1 saturated heterocycles. The van der Waals surface area contributed by atoms with Gasteiger partial charge in [-0.2, -0.15) is 0 Å². The molecule has 25 heavy (non-hydrogen) atoms. The number of carboxylic acid groups (broad SMARTS) is 1. The molecule has 1 fully saturated rings. The van der Waals surface area contributed by atoms with E-state index in [-0.39, 0.29) is 11.6 Å². The largest absolute Gasteiger partial charge is 0.481 e. The molecule has 0 amide bonds. The minimum absolute atomic E-state index is 0.0857. The van der Waals surface area contributed by atoms with E-state index >= 15 is 0 Å². The van der Waals surface area contributed by atoms with Gasteiger partial charge in [0.1, 0.15) is 0 Å². The summed E-state index contributed by atoms with van der Waals surface area (Å²) in [4.78, 5) is 26.1. The van der Waals surface area contributed by atoms with Crippen LogP contribution in [0.15, 0.2) is 36.4 Å². The van der Waals surface area contributed by atoms with Crippen LogP contribution in [0.4, 0.5) is 5.69 Å². The Kier molecular flexibility index (Phi) is 5.15. The van der Waals surface area contributed by atoms with Gasteiger partial charge in [-0.15, -0.1) is 11.3 Å². The van der Waals surface area contributed by atoms with Gasteiger partial charge in [-0.25, -0.2) is 0 Å². The Morgan fingerprint density at radius 1 is 1.28 bits per heavy atom. The van der Waals surface area contributed by atoms with Crippen LogP contribution in [0.25, 0.3) is 10.4 Å². The molecule has 0 bridgehead atoms. The molecule has 1 aliphatic heterocycles. The Morgan fingerprint density at radius 3 is 2.64 bits per heavy atom. The van der Waals surface area contributed by atoms with Crippen LogP contribution < -0.4 is 0 Å². The third-order valence-corrected chi connectivity index (χ3v) is 5.61. The quantitative estimate of drug-likeness (QED) is 0.646. The first-order valence-corrected chi connectivity index (χ1v) is 9.02. The van der Waals surface area contributed by atoms with Crippen LogP contribution >= 0.6 is 11.3 Å². The SMILES string of the molecule is CC1CC(C(=O)O)CN(Cc2ccc(-c3ccc([N+](=O)[O-])cc3)s2)C1. The number of nitro benzene ring substituents is 1. The van der Waals surface area contributed by atoms with Gasteiger partial charge < -0.3 is 5.11 Å². The lowest BCUT2D eigenvalue weighted by Crippen LogP contribution is -2.41. The van der Waals surface area contributed by atoms with E-state index in [2.05, 4.69) is 17.9 Å². The average molecular weight is 360 g/mol. The summed E-state index contributed by atoms with van der Waals surface area (Å²) in [5.41, 5.74) is 1.04. The zero-order chi connectivity index (χ0) is 18.0.